The van der Waals surface area contributed by atoms with E-state index in [0.29, 0.717) is 5.69 Å². The number of nitrogens with zero attached hydrogens (tertiary/aromatic N) is 2. The molecule has 1 heterocycles. The molecular formula is C59H45FN2SSi. The standard InChI is InChI=1S/C59H45FN2SSi/c1-64(2,3)49-31-28-46(29-32-49)61(45-22-11-6-12-23-45)48-30-33-50-51-34-35-55(52-24-15-25-56(58(51)52)63-57(50)39-48)62(47-27-26-41-18-13-14-21-43(41)36-47)59-53(42-19-9-5-10-20-42)37-44(38-54(59)60)40-16-7-4-8-17-40/h4-39H,1-3H3. The highest BCUT2D eigenvalue weighted by Crippen LogP contribution is 2.54. The van der Waals surface area contributed by atoms with E-state index in [4.69, 9.17) is 0 Å². The second kappa shape index (κ2) is 16.2. The third-order valence-electron chi connectivity index (χ3n) is 12.4. The van der Waals surface area contributed by atoms with Gasteiger partial charge in [0.2, 0.25) is 0 Å². The normalized spacial score (nSPS) is 12.0. The lowest BCUT2D eigenvalue weighted by atomic mass is 9.93. The molecule has 0 bridgehead atoms. The van der Waals surface area contributed by atoms with Crippen LogP contribution in [0.25, 0.3) is 54.9 Å². The van der Waals surface area contributed by atoms with Crippen molar-refractivity contribution in [3.8, 4) is 33.4 Å². The zero-order valence-corrected chi connectivity index (χ0v) is 37.8. The molecule has 0 spiro atoms. The molecule has 0 saturated carbocycles. The monoisotopic (exact) mass is 860 g/mol. The van der Waals surface area contributed by atoms with Gasteiger partial charge in [-0.05, 0) is 111 Å². The van der Waals surface area contributed by atoms with Crippen molar-refractivity contribution in [2.75, 3.05) is 9.80 Å². The predicted molar refractivity (Wildman–Crippen MR) is 274 cm³/mol. The Morgan fingerprint density at radius 1 is 0.406 bits per heavy atom. The lowest BCUT2D eigenvalue weighted by Gasteiger charge is -2.32. The SMILES string of the molecule is C[Si](C)(C)c1ccc(N(c2ccccc2)c2ccc3c(c2)Sc2cccc4c(N(c5ccc6ccccc6c5)c5c(F)cc(-c6ccccc6)cc5-c5ccccc5)ccc-3c24)cc1. The maximum absolute atomic E-state index is 17.6. The van der Waals surface area contributed by atoms with Gasteiger partial charge in [-0.25, -0.2) is 4.39 Å². The molecule has 0 aliphatic carbocycles. The number of fused-ring (bicyclic) bond motifs is 3. The number of hydrogen-bond donors (Lipinski definition) is 0. The molecule has 10 aromatic rings. The van der Waals surface area contributed by atoms with E-state index in [2.05, 4.69) is 193 Å². The van der Waals surface area contributed by atoms with Crippen LogP contribution in [0.1, 0.15) is 0 Å². The van der Waals surface area contributed by atoms with E-state index in [1.807, 2.05) is 48.5 Å². The second-order valence-electron chi connectivity index (χ2n) is 17.5. The van der Waals surface area contributed by atoms with Crippen LogP contribution in [-0.2, 0) is 0 Å². The minimum Gasteiger partial charge on any atom is -0.310 e. The molecule has 1 aliphatic rings. The molecule has 308 valence electrons. The van der Waals surface area contributed by atoms with E-state index >= 15 is 4.39 Å². The van der Waals surface area contributed by atoms with Crippen LogP contribution in [0, 0.1) is 5.82 Å². The van der Waals surface area contributed by atoms with Crippen molar-refractivity contribution in [1.29, 1.82) is 0 Å². The number of rotatable bonds is 9. The molecule has 0 unspecified atom stereocenters. The van der Waals surface area contributed by atoms with Gasteiger partial charge in [0.25, 0.3) is 0 Å². The zero-order chi connectivity index (χ0) is 43.4. The van der Waals surface area contributed by atoms with Crippen molar-refractivity contribution in [2.45, 2.75) is 29.4 Å². The highest BCUT2D eigenvalue weighted by atomic mass is 32.2. The van der Waals surface area contributed by atoms with E-state index in [0.717, 1.165) is 66.8 Å². The summed E-state index contributed by atoms with van der Waals surface area (Å²) in [6.07, 6.45) is 0. The van der Waals surface area contributed by atoms with Gasteiger partial charge in [-0.2, -0.15) is 0 Å². The smallest absolute Gasteiger partial charge is 0.148 e. The number of benzene rings is 10. The summed E-state index contributed by atoms with van der Waals surface area (Å²) in [5.74, 6) is -0.292. The van der Waals surface area contributed by atoms with Crippen molar-refractivity contribution in [2.24, 2.45) is 0 Å². The Morgan fingerprint density at radius 2 is 1.02 bits per heavy atom. The molecule has 10 aromatic carbocycles. The Labute approximate surface area is 379 Å². The maximum Gasteiger partial charge on any atom is 0.148 e. The molecule has 2 nitrogen and oxygen atoms in total. The van der Waals surface area contributed by atoms with Gasteiger partial charge in [0.05, 0.1) is 19.4 Å². The Bertz CT molecular complexity index is 3350. The Balaban J connectivity index is 1.09. The Kier molecular flexibility index (Phi) is 10.0. The van der Waals surface area contributed by atoms with Gasteiger partial charge < -0.3 is 9.80 Å². The Morgan fingerprint density at radius 3 is 1.75 bits per heavy atom. The quantitative estimate of drug-likeness (QED) is 0.134. The van der Waals surface area contributed by atoms with Gasteiger partial charge in [-0.15, -0.1) is 0 Å². The minimum atomic E-state index is -1.47. The van der Waals surface area contributed by atoms with Crippen LogP contribution >= 0.6 is 11.8 Å². The highest BCUT2D eigenvalue weighted by Gasteiger charge is 2.28. The summed E-state index contributed by atoms with van der Waals surface area (Å²) in [5.41, 5.74) is 11.6. The van der Waals surface area contributed by atoms with Crippen LogP contribution in [-0.4, -0.2) is 8.07 Å². The average Bonchev–Trinajstić information content (AvgIpc) is 3.33. The predicted octanol–water partition coefficient (Wildman–Crippen LogP) is 17.1. The first-order chi connectivity index (χ1) is 31.3. The summed E-state index contributed by atoms with van der Waals surface area (Å²) in [6.45, 7) is 7.18. The summed E-state index contributed by atoms with van der Waals surface area (Å²) >= 11 is 1.81. The number of hydrogen-bond acceptors (Lipinski definition) is 3. The van der Waals surface area contributed by atoms with Crippen LogP contribution in [0.2, 0.25) is 19.6 Å². The van der Waals surface area contributed by atoms with Crippen LogP contribution in [0.4, 0.5) is 38.5 Å². The van der Waals surface area contributed by atoms with Crippen molar-refractivity contribution < 1.29 is 4.39 Å². The van der Waals surface area contributed by atoms with Gasteiger partial charge in [0.1, 0.15) is 5.82 Å². The molecule has 0 radical (unpaired) electrons. The summed E-state index contributed by atoms with van der Waals surface area (Å²) < 4.78 is 17.6. The second-order valence-corrected chi connectivity index (χ2v) is 23.7. The molecule has 1 aliphatic heterocycles. The van der Waals surface area contributed by atoms with E-state index in [1.54, 1.807) is 17.8 Å². The fraction of sp³-hybridized carbons (Fsp3) is 0.0508. The van der Waals surface area contributed by atoms with Crippen molar-refractivity contribution in [1.82, 2.24) is 0 Å². The largest absolute Gasteiger partial charge is 0.310 e. The van der Waals surface area contributed by atoms with Crippen molar-refractivity contribution in [3.05, 3.63) is 224 Å². The summed E-state index contributed by atoms with van der Waals surface area (Å²) in [5, 5.41) is 5.89. The molecule has 0 aromatic heterocycles. The minimum absolute atomic E-state index is 0.292. The maximum atomic E-state index is 17.6. The summed E-state index contributed by atoms with van der Waals surface area (Å²) in [4.78, 5) is 6.88. The summed E-state index contributed by atoms with van der Waals surface area (Å²) in [6, 6.07) is 76.7. The van der Waals surface area contributed by atoms with E-state index in [1.165, 1.54) is 31.5 Å². The summed E-state index contributed by atoms with van der Waals surface area (Å²) in [7, 11) is -1.47. The Hall–Kier alpha value is -7.18. The number of anilines is 6. The first-order valence-electron chi connectivity index (χ1n) is 21.9. The molecule has 0 saturated heterocycles. The van der Waals surface area contributed by atoms with Crippen LogP contribution in [0.3, 0.4) is 0 Å². The van der Waals surface area contributed by atoms with Gasteiger partial charge in [0.15, 0.2) is 0 Å². The van der Waals surface area contributed by atoms with Crippen LogP contribution in [0.5, 0.6) is 0 Å². The highest BCUT2D eigenvalue weighted by molar-refractivity contribution is 7.99. The number of halogens is 1. The molecule has 64 heavy (non-hydrogen) atoms. The van der Waals surface area contributed by atoms with Crippen LogP contribution < -0.4 is 15.0 Å². The van der Waals surface area contributed by atoms with Gasteiger partial charge in [0, 0.05) is 48.9 Å². The van der Waals surface area contributed by atoms with Gasteiger partial charge in [-0.3, -0.25) is 0 Å². The fourth-order valence-corrected chi connectivity index (χ4v) is 11.6. The van der Waals surface area contributed by atoms with Crippen molar-refractivity contribution >= 4 is 80.7 Å². The van der Waals surface area contributed by atoms with Crippen LogP contribution in [0.15, 0.2) is 228 Å². The molecule has 11 rings (SSSR count). The molecular weight excluding hydrogens is 816 g/mol. The molecule has 5 heteroatoms. The lowest BCUT2D eigenvalue weighted by Crippen LogP contribution is -2.37. The molecule has 0 N–H and O–H groups in total. The molecule has 0 atom stereocenters. The van der Waals surface area contributed by atoms with Crippen molar-refractivity contribution in [3.63, 3.8) is 0 Å². The average molecular weight is 861 g/mol. The number of para-hydroxylation sites is 1. The van der Waals surface area contributed by atoms with Gasteiger partial charge in [-0.1, -0.05) is 182 Å². The third-order valence-corrected chi connectivity index (χ3v) is 15.6. The fourth-order valence-electron chi connectivity index (χ4n) is 9.24. The van der Waals surface area contributed by atoms with E-state index < -0.39 is 8.07 Å². The zero-order valence-electron chi connectivity index (χ0n) is 36.0. The van der Waals surface area contributed by atoms with Gasteiger partial charge >= 0.3 is 0 Å². The third kappa shape index (κ3) is 7.17. The van der Waals surface area contributed by atoms with E-state index in [-0.39, 0.29) is 5.82 Å². The topological polar surface area (TPSA) is 6.48 Å². The molecule has 0 fully saturated rings. The lowest BCUT2D eigenvalue weighted by molar-refractivity contribution is 0.630. The first kappa shape index (κ1) is 39.6. The van der Waals surface area contributed by atoms with E-state index in [9.17, 15) is 0 Å². The molecule has 0 amide bonds. The first-order valence-corrected chi connectivity index (χ1v) is 26.2.